The molecule has 1 aliphatic heterocycles. The van der Waals surface area contributed by atoms with E-state index in [1.165, 1.54) is 0 Å². The van der Waals surface area contributed by atoms with Crippen molar-refractivity contribution in [1.29, 1.82) is 0 Å². The van der Waals surface area contributed by atoms with Crippen LogP contribution in [0.5, 0.6) is 0 Å². The van der Waals surface area contributed by atoms with Crippen LogP contribution in [-0.2, 0) is 0 Å². The van der Waals surface area contributed by atoms with Crippen molar-refractivity contribution in [1.82, 2.24) is 15.0 Å². The fourth-order valence-electron chi connectivity index (χ4n) is 3.09. The van der Waals surface area contributed by atoms with Gasteiger partial charge in [-0.25, -0.2) is 15.0 Å². The van der Waals surface area contributed by atoms with E-state index in [0.717, 1.165) is 53.0 Å². The number of rotatable bonds is 3. The van der Waals surface area contributed by atoms with Gasteiger partial charge in [0.2, 0.25) is 5.95 Å². The number of nitrogens with zero attached hydrogens (tertiary/aromatic N) is 4. The van der Waals surface area contributed by atoms with Gasteiger partial charge in [-0.2, -0.15) is 11.3 Å². The highest BCUT2D eigenvalue weighted by Crippen LogP contribution is 2.34. The molecule has 25 heavy (non-hydrogen) atoms. The average Bonchev–Trinajstić information content (AvgIpc) is 3.28. The molecule has 4 rings (SSSR count). The summed E-state index contributed by atoms with van der Waals surface area (Å²) in [5.41, 5.74) is 4.04. The third-order valence-corrected chi connectivity index (χ3v) is 6.22. The van der Waals surface area contributed by atoms with Crippen LogP contribution in [0.3, 0.4) is 0 Å². The molecule has 1 aliphatic rings. The third kappa shape index (κ3) is 3.31. The molecule has 3 aromatic heterocycles. The molecule has 0 spiro atoms. The molecule has 2 atom stereocenters. The number of piperidine rings is 1. The van der Waals surface area contributed by atoms with Gasteiger partial charge < -0.3 is 10.0 Å². The molecule has 7 heteroatoms. The van der Waals surface area contributed by atoms with Crippen molar-refractivity contribution in [2.24, 2.45) is 5.92 Å². The smallest absolute Gasteiger partial charge is 0.225 e. The lowest BCUT2D eigenvalue weighted by Crippen LogP contribution is -2.42. The minimum absolute atomic E-state index is 0.222. The lowest BCUT2D eigenvalue weighted by Gasteiger charge is -2.34. The summed E-state index contributed by atoms with van der Waals surface area (Å²) in [5, 5.41) is 17.1. The monoisotopic (exact) mass is 372 g/mol. The van der Waals surface area contributed by atoms with Gasteiger partial charge in [0.05, 0.1) is 6.10 Å². The van der Waals surface area contributed by atoms with E-state index >= 15 is 0 Å². The Hall–Kier alpha value is -1.83. The van der Waals surface area contributed by atoms with Gasteiger partial charge in [0.1, 0.15) is 10.7 Å². The van der Waals surface area contributed by atoms with E-state index in [-0.39, 0.29) is 12.0 Å². The summed E-state index contributed by atoms with van der Waals surface area (Å²) in [4.78, 5) is 16.3. The second kappa shape index (κ2) is 6.82. The Bertz CT molecular complexity index is 862. The fraction of sp³-hybridized carbons (Fsp3) is 0.389. The molecule has 0 saturated carbocycles. The first-order valence-electron chi connectivity index (χ1n) is 8.37. The van der Waals surface area contributed by atoms with Crippen LogP contribution in [0.25, 0.3) is 21.8 Å². The Balaban J connectivity index is 1.76. The molecule has 5 nitrogen and oxygen atoms in total. The summed E-state index contributed by atoms with van der Waals surface area (Å²) in [6.45, 7) is 5.62. The number of aromatic nitrogens is 3. The SMILES string of the molecule is Cc1csc(-c2nc(N3CC[C@@H](O)[C@@H](C)C3)ncc2-c2ccsc2)n1. The number of aryl methyl sites for hydroxylation is 1. The molecule has 3 aromatic rings. The molecule has 130 valence electrons. The van der Waals surface area contributed by atoms with Crippen molar-refractivity contribution in [3.63, 3.8) is 0 Å². The Morgan fingerprint density at radius 1 is 1.28 bits per heavy atom. The molecule has 1 N–H and O–H groups in total. The van der Waals surface area contributed by atoms with Crippen molar-refractivity contribution in [2.45, 2.75) is 26.4 Å². The number of thiazole rings is 1. The Kier molecular flexibility index (Phi) is 4.54. The third-order valence-electron chi connectivity index (χ3n) is 4.57. The van der Waals surface area contributed by atoms with Crippen LogP contribution in [0.1, 0.15) is 19.0 Å². The molecule has 1 fully saturated rings. The minimum Gasteiger partial charge on any atom is -0.393 e. The van der Waals surface area contributed by atoms with E-state index in [1.54, 1.807) is 22.7 Å². The zero-order chi connectivity index (χ0) is 17.4. The van der Waals surface area contributed by atoms with Gasteiger partial charge in [-0.3, -0.25) is 0 Å². The fourth-order valence-corrected chi connectivity index (χ4v) is 4.55. The van der Waals surface area contributed by atoms with Crippen LogP contribution in [0.4, 0.5) is 5.95 Å². The quantitative estimate of drug-likeness (QED) is 0.757. The molecule has 0 amide bonds. The normalized spacial score (nSPS) is 20.8. The molecule has 0 aliphatic carbocycles. The van der Waals surface area contributed by atoms with Crippen LogP contribution in [0.15, 0.2) is 28.4 Å². The molecule has 1 saturated heterocycles. The van der Waals surface area contributed by atoms with Gasteiger partial charge in [0.15, 0.2) is 0 Å². The van der Waals surface area contributed by atoms with Crippen molar-refractivity contribution < 1.29 is 5.11 Å². The topological polar surface area (TPSA) is 62.1 Å². The predicted molar refractivity (Wildman–Crippen MR) is 103 cm³/mol. The molecule has 0 radical (unpaired) electrons. The summed E-state index contributed by atoms with van der Waals surface area (Å²) < 4.78 is 0. The number of hydrogen-bond acceptors (Lipinski definition) is 7. The predicted octanol–water partition coefficient (Wildman–Crippen LogP) is 3.84. The molecule has 0 unspecified atom stereocenters. The van der Waals surface area contributed by atoms with E-state index < -0.39 is 0 Å². The van der Waals surface area contributed by atoms with Crippen LogP contribution >= 0.6 is 22.7 Å². The lowest BCUT2D eigenvalue weighted by atomic mass is 9.97. The van der Waals surface area contributed by atoms with Gasteiger partial charge in [-0.05, 0) is 41.7 Å². The van der Waals surface area contributed by atoms with Gasteiger partial charge >= 0.3 is 0 Å². The highest BCUT2D eigenvalue weighted by atomic mass is 32.1. The van der Waals surface area contributed by atoms with E-state index in [4.69, 9.17) is 4.98 Å². The number of anilines is 1. The number of thiophene rings is 1. The molecule has 0 aromatic carbocycles. The summed E-state index contributed by atoms with van der Waals surface area (Å²) in [6.07, 6.45) is 2.43. The zero-order valence-electron chi connectivity index (χ0n) is 14.2. The maximum absolute atomic E-state index is 9.97. The number of hydrogen-bond donors (Lipinski definition) is 1. The molecular formula is C18H20N4OS2. The summed E-state index contributed by atoms with van der Waals surface area (Å²) >= 11 is 3.28. The average molecular weight is 373 g/mol. The van der Waals surface area contributed by atoms with Crippen molar-refractivity contribution in [2.75, 3.05) is 18.0 Å². The molecule has 0 bridgehead atoms. The van der Waals surface area contributed by atoms with Gasteiger partial charge in [-0.1, -0.05) is 6.92 Å². The van der Waals surface area contributed by atoms with Crippen LogP contribution in [0, 0.1) is 12.8 Å². The van der Waals surface area contributed by atoms with Crippen molar-refractivity contribution in [3.05, 3.63) is 34.1 Å². The second-order valence-electron chi connectivity index (χ2n) is 6.52. The summed E-state index contributed by atoms with van der Waals surface area (Å²) in [7, 11) is 0. The van der Waals surface area contributed by atoms with E-state index in [1.807, 2.05) is 18.5 Å². The highest BCUT2D eigenvalue weighted by molar-refractivity contribution is 7.13. The van der Waals surface area contributed by atoms with Crippen LogP contribution in [0.2, 0.25) is 0 Å². The first-order valence-corrected chi connectivity index (χ1v) is 10.2. The first kappa shape index (κ1) is 16.6. The zero-order valence-corrected chi connectivity index (χ0v) is 15.8. The number of aliphatic hydroxyl groups is 1. The highest BCUT2D eigenvalue weighted by Gasteiger charge is 2.26. The number of aliphatic hydroxyl groups excluding tert-OH is 1. The van der Waals surface area contributed by atoms with E-state index in [0.29, 0.717) is 0 Å². The second-order valence-corrected chi connectivity index (χ2v) is 8.16. The van der Waals surface area contributed by atoms with Gasteiger partial charge in [-0.15, -0.1) is 11.3 Å². The lowest BCUT2D eigenvalue weighted by molar-refractivity contribution is 0.0966. The summed E-state index contributed by atoms with van der Waals surface area (Å²) in [6, 6.07) is 2.09. The van der Waals surface area contributed by atoms with Gasteiger partial charge in [0.25, 0.3) is 0 Å². The van der Waals surface area contributed by atoms with Crippen molar-refractivity contribution >= 4 is 28.6 Å². The minimum atomic E-state index is -0.234. The standard InChI is InChI=1S/C18H20N4OS2/c1-11-8-22(5-3-15(11)23)18-19-7-14(13-4-6-24-10-13)16(21-18)17-20-12(2)9-25-17/h4,6-7,9-11,15,23H,3,5,8H2,1-2H3/t11-,15+/m0/s1. The van der Waals surface area contributed by atoms with Gasteiger partial charge in [0, 0.05) is 35.9 Å². The van der Waals surface area contributed by atoms with E-state index in [2.05, 4.69) is 38.6 Å². The Morgan fingerprint density at radius 3 is 2.84 bits per heavy atom. The Morgan fingerprint density at radius 2 is 2.16 bits per heavy atom. The summed E-state index contributed by atoms with van der Waals surface area (Å²) in [5.74, 6) is 0.944. The molecule has 4 heterocycles. The van der Waals surface area contributed by atoms with Crippen LogP contribution < -0.4 is 4.90 Å². The largest absolute Gasteiger partial charge is 0.393 e. The maximum Gasteiger partial charge on any atom is 0.225 e. The maximum atomic E-state index is 9.97. The Labute approximate surface area is 155 Å². The van der Waals surface area contributed by atoms with E-state index in [9.17, 15) is 5.11 Å². The first-order chi connectivity index (χ1) is 12.1. The molecular weight excluding hydrogens is 352 g/mol. The van der Waals surface area contributed by atoms with Crippen LogP contribution in [-0.4, -0.2) is 39.3 Å². The van der Waals surface area contributed by atoms with Crippen molar-refractivity contribution in [3.8, 4) is 21.8 Å².